The Balaban J connectivity index is 1.62. The second-order valence-corrected chi connectivity index (χ2v) is 7.44. The van der Waals surface area contributed by atoms with Crippen molar-refractivity contribution in [2.24, 2.45) is 0 Å². The molecule has 2 aromatic rings. The summed E-state index contributed by atoms with van der Waals surface area (Å²) in [5, 5.41) is 19.1. The lowest BCUT2D eigenvalue weighted by atomic mass is 9.98. The average molecular weight is 530 g/mol. The van der Waals surface area contributed by atoms with Crippen LogP contribution in [-0.2, 0) is 10.9 Å². The molecule has 1 aliphatic heterocycles. The van der Waals surface area contributed by atoms with E-state index in [0.29, 0.717) is 12.1 Å². The molecule has 36 heavy (non-hydrogen) atoms. The van der Waals surface area contributed by atoms with Crippen LogP contribution in [0.15, 0.2) is 22.6 Å². The van der Waals surface area contributed by atoms with Crippen molar-refractivity contribution in [3.8, 4) is 6.08 Å². The quantitative estimate of drug-likeness (QED) is 0.410. The number of nitrogens with zero attached hydrogens (tertiary/aromatic N) is 3. The number of halogens is 7. The van der Waals surface area contributed by atoms with Crippen molar-refractivity contribution in [2.45, 2.75) is 37.5 Å². The summed E-state index contributed by atoms with van der Waals surface area (Å²) in [5.41, 5.74) is -2.09. The number of nitrogens with one attached hydrogen (secondary N) is 1. The van der Waals surface area contributed by atoms with Gasteiger partial charge in [0, 0.05) is 18.2 Å². The standard InChI is InChI=1S/C19H17F7N4O6/c20-12-3-1-9(7-11(12)18(21,22)23)14(31)27-10-2-4-13(30(8-10)17(32)33)15-28-29-16(36-15)34-5-6-35-19(24,25)26/h1,3,7,10,13H,2,4-6,8H2,(H,27,31)(H,32,33)/t10-,13+/m0/s1. The fourth-order valence-corrected chi connectivity index (χ4v) is 3.41. The molecule has 1 aromatic heterocycles. The molecule has 0 radical (unpaired) electrons. The fraction of sp³-hybridized carbons (Fsp3) is 0.474. The molecular weight excluding hydrogens is 513 g/mol. The number of amides is 2. The highest BCUT2D eigenvalue weighted by atomic mass is 19.4. The highest BCUT2D eigenvalue weighted by molar-refractivity contribution is 5.94. The smallest absolute Gasteiger partial charge is 0.465 e. The maximum absolute atomic E-state index is 13.5. The van der Waals surface area contributed by atoms with Gasteiger partial charge < -0.3 is 19.6 Å². The first-order valence-corrected chi connectivity index (χ1v) is 10.1. The lowest BCUT2D eigenvalue weighted by Gasteiger charge is -2.36. The van der Waals surface area contributed by atoms with Gasteiger partial charge in [0.15, 0.2) is 0 Å². The van der Waals surface area contributed by atoms with E-state index in [1.807, 2.05) is 0 Å². The molecule has 2 heterocycles. The van der Waals surface area contributed by atoms with Gasteiger partial charge in [-0.05, 0) is 31.0 Å². The van der Waals surface area contributed by atoms with Crippen LogP contribution in [0.1, 0.15) is 40.7 Å². The predicted molar refractivity (Wildman–Crippen MR) is 101 cm³/mol. The van der Waals surface area contributed by atoms with E-state index >= 15 is 0 Å². The zero-order valence-corrected chi connectivity index (χ0v) is 17.9. The summed E-state index contributed by atoms with van der Waals surface area (Å²) in [6.45, 7) is -1.75. The van der Waals surface area contributed by atoms with Gasteiger partial charge in [0.1, 0.15) is 18.5 Å². The third kappa shape index (κ3) is 6.96. The van der Waals surface area contributed by atoms with Crippen LogP contribution in [0.5, 0.6) is 6.08 Å². The third-order valence-corrected chi connectivity index (χ3v) is 4.98. The van der Waals surface area contributed by atoms with Gasteiger partial charge in [0.2, 0.25) is 5.89 Å². The van der Waals surface area contributed by atoms with E-state index in [2.05, 4.69) is 20.3 Å². The number of likely N-dealkylation sites (tertiary alicyclic amines) is 1. The molecule has 0 saturated carbocycles. The van der Waals surface area contributed by atoms with Crippen molar-refractivity contribution < 1.29 is 59.3 Å². The Morgan fingerprint density at radius 3 is 2.50 bits per heavy atom. The Hall–Kier alpha value is -3.63. The Morgan fingerprint density at radius 1 is 1.14 bits per heavy atom. The molecule has 10 nitrogen and oxygen atoms in total. The SMILES string of the molecule is O=C(N[C@H]1CC[C@H](c2nnc(OCCOC(F)(F)F)o2)N(C(=O)O)C1)c1ccc(F)c(C(F)(F)F)c1. The van der Waals surface area contributed by atoms with Crippen LogP contribution in [-0.4, -0.2) is 64.4 Å². The molecule has 2 N–H and O–H groups in total. The topological polar surface area (TPSA) is 127 Å². The van der Waals surface area contributed by atoms with Gasteiger partial charge in [-0.2, -0.15) is 13.2 Å². The van der Waals surface area contributed by atoms with Gasteiger partial charge in [-0.25, -0.2) is 9.18 Å². The van der Waals surface area contributed by atoms with Gasteiger partial charge in [0.25, 0.3) is 5.91 Å². The molecule has 3 rings (SSSR count). The first-order valence-electron chi connectivity index (χ1n) is 10.1. The number of carboxylic acid groups (broad SMARTS) is 1. The number of piperidine rings is 1. The van der Waals surface area contributed by atoms with E-state index in [0.717, 1.165) is 11.0 Å². The van der Waals surface area contributed by atoms with Crippen LogP contribution in [0.4, 0.5) is 35.5 Å². The second-order valence-electron chi connectivity index (χ2n) is 7.44. The van der Waals surface area contributed by atoms with Crippen molar-refractivity contribution in [2.75, 3.05) is 19.8 Å². The molecule has 1 saturated heterocycles. The molecule has 0 spiro atoms. The van der Waals surface area contributed by atoms with E-state index in [9.17, 15) is 45.4 Å². The van der Waals surface area contributed by atoms with Crippen molar-refractivity contribution in [3.63, 3.8) is 0 Å². The second kappa shape index (κ2) is 10.5. The lowest BCUT2D eigenvalue weighted by Crippen LogP contribution is -2.50. The van der Waals surface area contributed by atoms with Crippen molar-refractivity contribution in [1.29, 1.82) is 0 Å². The number of alkyl halides is 6. The van der Waals surface area contributed by atoms with E-state index in [1.54, 1.807) is 0 Å². The molecular formula is C19H17F7N4O6. The van der Waals surface area contributed by atoms with Gasteiger partial charge in [-0.1, -0.05) is 5.10 Å². The first-order chi connectivity index (χ1) is 16.7. The molecule has 0 aliphatic carbocycles. The maximum Gasteiger partial charge on any atom is 0.522 e. The number of rotatable bonds is 7. The average Bonchev–Trinajstić information content (AvgIpc) is 3.24. The lowest BCUT2D eigenvalue weighted by molar-refractivity contribution is -0.325. The number of hydrogen-bond acceptors (Lipinski definition) is 7. The van der Waals surface area contributed by atoms with Gasteiger partial charge in [-0.3, -0.25) is 14.4 Å². The molecule has 17 heteroatoms. The first kappa shape index (κ1) is 27.0. The molecule has 2 atom stereocenters. The van der Waals surface area contributed by atoms with Crippen LogP contribution < -0.4 is 10.1 Å². The number of hydrogen-bond donors (Lipinski definition) is 2. The van der Waals surface area contributed by atoms with Gasteiger partial charge >= 0.3 is 24.7 Å². The zero-order chi connectivity index (χ0) is 26.7. The normalized spacial score (nSPS) is 18.7. The number of carbonyl (C=O) groups excluding carboxylic acids is 1. The number of carbonyl (C=O) groups is 2. The van der Waals surface area contributed by atoms with Crippen molar-refractivity contribution in [3.05, 3.63) is 41.0 Å². The Labute approximate surface area is 197 Å². The predicted octanol–water partition coefficient (Wildman–Crippen LogP) is 3.76. The number of aromatic nitrogens is 2. The molecule has 1 aromatic carbocycles. The Kier molecular flexibility index (Phi) is 7.90. The minimum Gasteiger partial charge on any atom is -0.465 e. The van der Waals surface area contributed by atoms with E-state index < -0.39 is 72.9 Å². The molecule has 1 fully saturated rings. The van der Waals surface area contributed by atoms with Crippen LogP contribution >= 0.6 is 0 Å². The van der Waals surface area contributed by atoms with Crippen LogP contribution in [0.3, 0.4) is 0 Å². The Morgan fingerprint density at radius 2 is 1.86 bits per heavy atom. The minimum atomic E-state index is -5.02. The maximum atomic E-state index is 13.5. The third-order valence-electron chi connectivity index (χ3n) is 4.98. The van der Waals surface area contributed by atoms with Crippen LogP contribution in [0.2, 0.25) is 0 Å². The van der Waals surface area contributed by atoms with Crippen molar-refractivity contribution in [1.82, 2.24) is 20.4 Å². The molecule has 1 aliphatic rings. The van der Waals surface area contributed by atoms with Crippen LogP contribution in [0, 0.1) is 5.82 Å². The molecule has 2 amide bonds. The number of benzene rings is 1. The summed E-state index contributed by atoms with van der Waals surface area (Å²) >= 11 is 0. The number of ether oxygens (including phenoxy) is 2. The summed E-state index contributed by atoms with van der Waals surface area (Å²) in [7, 11) is 0. The molecule has 198 valence electrons. The van der Waals surface area contributed by atoms with Gasteiger partial charge in [-0.15, -0.1) is 18.3 Å². The molecule has 0 unspecified atom stereocenters. The van der Waals surface area contributed by atoms with Crippen LogP contribution in [0.25, 0.3) is 0 Å². The van der Waals surface area contributed by atoms with Crippen molar-refractivity contribution >= 4 is 12.0 Å². The summed E-state index contributed by atoms with van der Waals surface area (Å²) in [5.74, 6) is -2.74. The summed E-state index contributed by atoms with van der Waals surface area (Å²) in [6.07, 6.45) is -11.7. The molecule has 0 bridgehead atoms. The largest absolute Gasteiger partial charge is 0.522 e. The fourth-order valence-electron chi connectivity index (χ4n) is 3.41. The monoisotopic (exact) mass is 530 g/mol. The minimum absolute atomic E-state index is 0.0350. The summed E-state index contributed by atoms with van der Waals surface area (Å²) in [6, 6.07) is -0.0922. The highest BCUT2D eigenvalue weighted by Gasteiger charge is 2.38. The Bertz CT molecular complexity index is 1090. The highest BCUT2D eigenvalue weighted by Crippen LogP contribution is 2.33. The van der Waals surface area contributed by atoms with E-state index in [-0.39, 0.29) is 25.3 Å². The summed E-state index contributed by atoms with van der Waals surface area (Å²) in [4.78, 5) is 25.0. The van der Waals surface area contributed by atoms with E-state index in [4.69, 9.17) is 9.15 Å². The summed E-state index contributed by atoms with van der Waals surface area (Å²) < 4.78 is 102. The zero-order valence-electron chi connectivity index (χ0n) is 17.9. The van der Waals surface area contributed by atoms with Gasteiger partial charge in [0.05, 0.1) is 12.2 Å². The van der Waals surface area contributed by atoms with E-state index in [1.165, 1.54) is 0 Å².